The van der Waals surface area contributed by atoms with Gasteiger partial charge in [-0.2, -0.15) is 11.8 Å². The molecule has 0 aliphatic heterocycles. The van der Waals surface area contributed by atoms with Crippen LogP contribution in [0.4, 0.5) is 5.69 Å². The van der Waals surface area contributed by atoms with Gasteiger partial charge in [0.05, 0.1) is 0 Å². The number of nitrogens with zero attached hydrogens (tertiary/aromatic N) is 1. The molecule has 0 heterocycles. The summed E-state index contributed by atoms with van der Waals surface area (Å²) in [6.07, 6.45) is 4.07. The quantitative estimate of drug-likeness (QED) is 0.857. The van der Waals surface area contributed by atoms with Gasteiger partial charge in [-0.25, -0.2) is 0 Å². The Morgan fingerprint density at radius 2 is 1.95 bits per heavy atom. The zero-order valence-electron chi connectivity index (χ0n) is 12.4. The Balaban J connectivity index is 1.76. The van der Waals surface area contributed by atoms with E-state index < -0.39 is 0 Å². The molecular weight excluding hydrogens is 252 g/mol. The molecule has 1 N–H and O–H groups in total. The Kier molecular flexibility index (Phi) is 5.59. The maximum atomic E-state index is 3.71. The lowest BCUT2D eigenvalue weighted by Crippen LogP contribution is -2.26. The molecule has 0 spiro atoms. The summed E-state index contributed by atoms with van der Waals surface area (Å²) in [6.45, 7) is 3.26. The van der Waals surface area contributed by atoms with Gasteiger partial charge < -0.3 is 10.2 Å². The van der Waals surface area contributed by atoms with Crippen LogP contribution in [0.15, 0.2) is 24.3 Å². The third kappa shape index (κ3) is 4.43. The summed E-state index contributed by atoms with van der Waals surface area (Å²) in [5, 5.41) is 4.60. The standard InChI is InChI=1S/C16H26N2S/c1-4-19-16-10-7-14(11-16)17-12-13-5-8-15(9-6-13)18(2)3/h5-6,8-9,14,16-17H,4,7,10-12H2,1-3H3. The Bertz CT molecular complexity index is 375. The fourth-order valence-corrected chi connectivity index (χ4v) is 3.83. The molecule has 19 heavy (non-hydrogen) atoms. The van der Waals surface area contributed by atoms with E-state index in [9.17, 15) is 0 Å². The molecule has 1 aliphatic rings. The smallest absolute Gasteiger partial charge is 0.0361 e. The van der Waals surface area contributed by atoms with Gasteiger partial charge in [-0.1, -0.05) is 19.1 Å². The van der Waals surface area contributed by atoms with Crippen LogP contribution in [0.1, 0.15) is 31.7 Å². The highest BCUT2D eigenvalue weighted by Crippen LogP contribution is 2.29. The van der Waals surface area contributed by atoms with E-state index in [2.05, 4.69) is 67.3 Å². The van der Waals surface area contributed by atoms with E-state index in [-0.39, 0.29) is 0 Å². The minimum atomic E-state index is 0.720. The molecule has 106 valence electrons. The molecule has 3 heteroatoms. The van der Waals surface area contributed by atoms with Gasteiger partial charge in [-0.15, -0.1) is 0 Å². The van der Waals surface area contributed by atoms with Crippen LogP contribution in [0.3, 0.4) is 0 Å². The van der Waals surface area contributed by atoms with Crippen molar-refractivity contribution in [3.05, 3.63) is 29.8 Å². The van der Waals surface area contributed by atoms with Crippen LogP contribution in [0, 0.1) is 0 Å². The zero-order chi connectivity index (χ0) is 13.7. The van der Waals surface area contributed by atoms with Crippen LogP contribution in [0.5, 0.6) is 0 Å². The lowest BCUT2D eigenvalue weighted by atomic mass is 10.1. The average Bonchev–Trinajstić information content (AvgIpc) is 2.85. The topological polar surface area (TPSA) is 15.3 Å². The first kappa shape index (κ1) is 14.7. The first-order valence-electron chi connectivity index (χ1n) is 7.30. The Morgan fingerprint density at radius 3 is 2.58 bits per heavy atom. The van der Waals surface area contributed by atoms with Crippen molar-refractivity contribution in [2.24, 2.45) is 0 Å². The Morgan fingerprint density at radius 1 is 1.21 bits per heavy atom. The minimum absolute atomic E-state index is 0.720. The number of benzene rings is 1. The number of thioether (sulfide) groups is 1. The van der Waals surface area contributed by atoms with Gasteiger partial charge in [0.1, 0.15) is 0 Å². The summed E-state index contributed by atoms with van der Waals surface area (Å²) < 4.78 is 0. The summed E-state index contributed by atoms with van der Waals surface area (Å²) in [7, 11) is 4.16. The lowest BCUT2D eigenvalue weighted by molar-refractivity contribution is 0.525. The summed E-state index contributed by atoms with van der Waals surface area (Å²) in [5.41, 5.74) is 2.65. The van der Waals surface area contributed by atoms with Crippen molar-refractivity contribution in [2.75, 3.05) is 24.7 Å². The maximum absolute atomic E-state index is 3.71. The molecule has 1 fully saturated rings. The number of nitrogens with one attached hydrogen (secondary N) is 1. The van der Waals surface area contributed by atoms with Gasteiger partial charge in [-0.3, -0.25) is 0 Å². The zero-order valence-corrected chi connectivity index (χ0v) is 13.2. The SMILES string of the molecule is CCSC1CCC(NCc2ccc(N(C)C)cc2)C1. The largest absolute Gasteiger partial charge is 0.378 e. The molecule has 2 atom stereocenters. The van der Waals surface area contributed by atoms with Gasteiger partial charge >= 0.3 is 0 Å². The van der Waals surface area contributed by atoms with Crippen LogP contribution >= 0.6 is 11.8 Å². The molecule has 2 rings (SSSR count). The highest BCUT2D eigenvalue weighted by molar-refractivity contribution is 7.99. The van der Waals surface area contributed by atoms with Crippen LogP contribution in [0.2, 0.25) is 0 Å². The van der Waals surface area contributed by atoms with Crippen molar-refractivity contribution < 1.29 is 0 Å². The molecule has 1 aromatic rings. The second-order valence-electron chi connectivity index (χ2n) is 5.53. The van der Waals surface area contributed by atoms with E-state index in [0.717, 1.165) is 17.8 Å². The predicted octanol–water partition coefficient (Wildman–Crippen LogP) is 3.52. The van der Waals surface area contributed by atoms with Crippen molar-refractivity contribution in [1.82, 2.24) is 5.32 Å². The van der Waals surface area contributed by atoms with Gasteiger partial charge in [-0.05, 0) is 42.7 Å². The average molecular weight is 278 g/mol. The van der Waals surface area contributed by atoms with Crippen molar-refractivity contribution in [3.63, 3.8) is 0 Å². The van der Waals surface area contributed by atoms with Crippen molar-refractivity contribution in [2.45, 2.75) is 44.0 Å². The Labute approximate surface area is 122 Å². The summed E-state index contributed by atoms with van der Waals surface area (Å²) in [5.74, 6) is 1.25. The van der Waals surface area contributed by atoms with Crippen LogP contribution < -0.4 is 10.2 Å². The minimum Gasteiger partial charge on any atom is -0.378 e. The van der Waals surface area contributed by atoms with Crippen molar-refractivity contribution in [3.8, 4) is 0 Å². The van der Waals surface area contributed by atoms with E-state index in [4.69, 9.17) is 0 Å². The number of rotatable bonds is 6. The number of hydrogen-bond acceptors (Lipinski definition) is 3. The van der Waals surface area contributed by atoms with E-state index in [1.165, 1.54) is 36.3 Å². The second kappa shape index (κ2) is 7.20. The van der Waals surface area contributed by atoms with E-state index in [1.54, 1.807) is 0 Å². The first-order valence-corrected chi connectivity index (χ1v) is 8.35. The van der Waals surface area contributed by atoms with Gasteiger partial charge in [0.2, 0.25) is 0 Å². The highest BCUT2D eigenvalue weighted by Gasteiger charge is 2.23. The van der Waals surface area contributed by atoms with Gasteiger partial charge in [0.25, 0.3) is 0 Å². The fraction of sp³-hybridized carbons (Fsp3) is 0.625. The predicted molar refractivity (Wildman–Crippen MR) is 87.2 cm³/mol. The molecule has 0 bridgehead atoms. The van der Waals surface area contributed by atoms with E-state index >= 15 is 0 Å². The lowest BCUT2D eigenvalue weighted by Gasteiger charge is -2.15. The third-order valence-electron chi connectivity index (χ3n) is 3.83. The molecule has 0 saturated heterocycles. The fourth-order valence-electron chi connectivity index (χ4n) is 2.69. The van der Waals surface area contributed by atoms with Crippen molar-refractivity contribution in [1.29, 1.82) is 0 Å². The monoisotopic (exact) mass is 278 g/mol. The summed E-state index contributed by atoms with van der Waals surface area (Å²) in [6, 6.07) is 9.58. The highest BCUT2D eigenvalue weighted by atomic mass is 32.2. The van der Waals surface area contributed by atoms with Gasteiger partial charge in [0.15, 0.2) is 0 Å². The van der Waals surface area contributed by atoms with E-state index in [1.807, 2.05) is 0 Å². The second-order valence-corrected chi connectivity index (χ2v) is 7.11. The third-order valence-corrected chi connectivity index (χ3v) is 5.07. The molecule has 1 aliphatic carbocycles. The molecule has 2 nitrogen and oxygen atoms in total. The first-order chi connectivity index (χ1) is 9.19. The normalized spacial score (nSPS) is 22.7. The molecule has 1 saturated carbocycles. The maximum Gasteiger partial charge on any atom is 0.0361 e. The summed E-state index contributed by atoms with van der Waals surface area (Å²) in [4.78, 5) is 2.14. The van der Waals surface area contributed by atoms with Crippen molar-refractivity contribution >= 4 is 17.4 Å². The Hall–Kier alpha value is -0.670. The van der Waals surface area contributed by atoms with Gasteiger partial charge in [0, 0.05) is 37.6 Å². The van der Waals surface area contributed by atoms with Crippen LogP contribution in [-0.2, 0) is 6.54 Å². The molecule has 0 radical (unpaired) electrons. The molecule has 0 aromatic heterocycles. The summed E-state index contributed by atoms with van der Waals surface area (Å²) >= 11 is 2.12. The van der Waals surface area contributed by atoms with Crippen LogP contribution in [-0.4, -0.2) is 31.1 Å². The number of anilines is 1. The molecule has 2 unspecified atom stereocenters. The molecular formula is C16H26N2S. The van der Waals surface area contributed by atoms with E-state index in [0.29, 0.717) is 0 Å². The molecule has 1 aromatic carbocycles. The van der Waals surface area contributed by atoms with Crippen LogP contribution in [0.25, 0.3) is 0 Å². The molecule has 0 amide bonds. The number of hydrogen-bond donors (Lipinski definition) is 1.